The Morgan fingerprint density at radius 3 is 2.68 bits per heavy atom. The fourth-order valence-corrected chi connectivity index (χ4v) is 2.64. The van der Waals surface area contributed by atoms with Crippen molar-refractivity contribution in [3.8, 4) is 0 Å². The zero-order valence-electron chi connectivity index (χ0n) is 12.0. The first-order chi connectivity index (χ1) is 9.04. The molecule has 0 spiro atoms. The van der Waals surface area contributed by atoms with Gasteiger partial charge in [0.2, 0.25) is 5.91 Å². The molecule has 1 fully saturated rings. The van der Waals surface area contributed by atoms with Crippen LogP contribution in [0.2, 0.25) is 0 Å². The molecule has 1 saturated carbocycles. The zero-order valence-corrected chi connectivity index (χ0v) is 12.0. The van der Waals surface area contributed by atoms with Crippen LogP contribution in [0.25, 0.3) is 0 Å². The molecule has 0 bridgehead atoms. The van der Waals surface area contributed by atoms with Gasteiger partial charge in [-0.05, 0) is 49.8 Å². The fourth-order valence-electron chi connectivity index (χ4n) is 2.64. The van der Waals surface area contributed by atoms with Crippen molar-refractivity contribution >= 4 is 5.91 Å². The van der Waals surface area contributed by atoms with Crippen LogP contribution < -0.4 is 11.1 Å². The predicted octanol–water partition coefficient (Wildman–Crippen LogP) is 2.09. The van der Waals surface area contributed by atoms with Crippen LogP contribution in [0.3, 0.4) is 0 Å². The molecule has 104 valence electrons. The molecule has 2 rings (SSSR count). The minimum absolute atomic E-state index is 0.105. The van der Waals surface area contributed by atoms with E-state index < -0.39 is 0 Å². The lowest BCUT2D eigenvalue weighted by molar-refractivity contribution is -0.121. The van der Waals surface area contributed by atoms with Gasteiger partial charge in [0, 0.05) is 6.54 Å². The summed E-state index contributed by atoms with van der Waals surface area (Å²) in [4.78, 5) is 12.0. The van der Waals surface area contributed by atoms with Gasteiger partial charge < -0.3 is 11.1 Å². The minimum Gasteiger partial charge on any atom is -0.355 e. The first-order valence-electron chi connectivity index (χ1n) is 7.08. The van der Waals surface area contributed by atoms with Crippen LogP contribution >= 0.6 is 0 Å². The third-order valence-electron chi connectivity index (χ3n) is 4.36. The molecule has 0 aliphatic heterocycles. The lowest BCUT2D eigenvalue weighted by Gasteiger charge is -2.41. The number of hydrogen-bond acceptors (Lipinski definition) is 2. The molecule has 1 aromatic rings. The highest BCUT2D eigenvalue weighted by Crippen LogP contribution is 2.39. The zero-order chi connectivity index (χ0) is 13.9. The van der Waals surface area contributed by atoms with Gasteiger partial charge in [0.25, 0.3) is 0 Å². The van der Waals surface area contributed by atoms with Gasteiger partial charge in [0.05, 0.1) is 6.42 Å². The van der Waals surface area contributed by atoms with Crippen LogP contribution in [-0.4, -0.2) is 19.0 Å². The van der Waals surface area contributed by atoms with E-state index in [1.807, 2.05) is 0 Å². The van der Waals surface area contributed by atoms with Gasteiger partial charge >= 0.3 is 0 Å². The number of rotatable bonds is 5. The molecule has 1 aromatic carbocycles. The third-order valence-corrected chi connectivity index (χ3v) is 4.36. The van der Waals surface area contributed by atoms with E-state index in [9.17, 15) is 4.79 Å². The molecule has 3 N–H and O–H groups in total. The minimum atomic E-state index is 0.105. The topological polar surface area (TPSA) is 55.1 Å². The third kappa shape index (κ3) is 3.35. The molecule has 0 atom stereocenters. The molecule has 0 radical (unpaired) electrons. The number of carbonyl (C=O) groups excluding carboxylic acids is 1. The average molecular weight is 260 g/mol. The van der Waals surface area contributed by atoms with Gasteiger partial charge in [0.15, 0.2) is 0 Å². The second-order valence-electron chi connectivity index (χ2n) is 5.94. The van der Waals surface area contributed by atoms with Gasteiger partial charge in [0.1, 0.15) is 0 Å². The van der Waals surface area contributed by atoms with E-state index in [0.717, 1.165) is 24.9 Å². The summed E-state index contributed by atoms with van der Waals surface area (Å²) in [6, 6.07) is 6.25. The first-order valence-corrected chi connectivity index (χ1v) is 7.08. The van der Waals surface area contributed by atoms with Crippen LogP contribution in [-0.2, 0) is 11.2 Å². The highest BCUT2D eigenvalue weighted by molar-refractivity contribution is 5.79. The van der Waals surface area contributed by atoms with E-state index in [1.54, 1.807) is 0 Å². The Hall–Kier alpha value is -1.35. The number of carbonyl (C=O) groups is 1. The summed E-state index contributed by atoms with van der Waals surface area (Å²) >= 11 is 0. The van der Waals surface area contributed by atoms with Gasteiger partial charge in [-0.1, -0.05) is 30.2 Å². The Labute approximate surface area is 115 Å². The maximum atomic E-state index is 12.0. The fraction of sp³-hybridized carbons (Fsp3) is 0.562. The summed E-state index contributed by atoms with van der Waals surface area (Å²) in [5, 5.41) is 3.05. The molecule has 0 heterocycles. The summed E-state index contributed by atoms with van der Waals surface area (Å²) in [5.74, 6) is 0.105. The molecule has 0 unspecified atom stereocenters. The molecule has 0 aromatic heterocycles. The summed E-state index contributed by atoms with van der Waals surface area (Å²) < 4.78 is 0. The molecule has 3 heteroatoms. The van der Waals surface area contributed by atoms with Crippen molar-refractivity contribution in [3.63, 3.8) is 0 Å². The van der Waals surface area contributed by atoms with Gasteiger partial charge in [-0.25, -0.2) is 0 Å². The highest BCUT2D eigenvalue weighted by atomic mass is 16.1. The van der Waals surface area contributed by atoms with Crippen molar-refractivity contribution in [2.75, 3.05) is 13.1 Å². The van der Waals surface area contributed by atoms with E-state index in [4.69, 9.17) is 5.73 Å². The van der Waals surface area contributed by atoms with E-state index >= 15 is 0 Å². The van der Waals surface area contributed by atoms with E-state index in [-0.39, 0.29) is 11.3 Å². The van der Waals surface area contributed by atoms with Crippen molar-refractivity contribution in [3.05, 3.63) is 34.9 Å². The van der Waals surface area contributed by atoms with Crippen molar-refractivity contribution < 1.29 is 4.79 Å². The Morgan fingerprint density at radius 2 is 2.11 bits per heavy atom. The summed E-state index contributed by atoms with van der Waals surface area (Å²) in [7, 11) is 0. The number of aryl methyl sites for hydroxylation is 2. The average Bonchev–Trinajstić information content (AvgIpc) is 2.33. The Morgan fingerprint density at radius 1 is 1.37 bits per heavy atom. The van der Waals surface area contributed by atoms with E-state index in [0.29, 0.717) is 13.0 Å². The molecular formula is C16H24N2O. The number of nitrogens with two attached hydrogens (primary N) is 1. The maximum Gasteiger partial charge on any atom is 0.224 e. The van der Waals surface area contributed by atoms with Crippen molar-refractivity contribution in [1.82, 2.24) is 5.32 Å². The monoisotopic (exact) mass is 260 g/mol. The summed E-state index contributed by atoms with van der Waals surface area (Å²) in [5.41, 5.74) is 9.48. The van der Waals surface area contributed by atoms with E-state index in [2.05, 4.69) is 37.4 Å². The Bertz CT molecular complexity index is 458. The first kappa shape index (κ1) is 14.1. The number of nitrogens with one attached hydrogen (secondary N) is 1. The van der Waals surface area contributed by atoms with Gasteiger partial charge in [-0.2, -0.15) is 0 Å². The van der Waals surface area contributed by atoms with E-state index in [1.165, 1.54) is 17.5 Å². The standard InChI is InChI=1S/C16H24N2O/c1-12-4-5-13(2)14(8-12)9-15(19)18-11-16(10-17)6-3-7-16/h4-5,8H,3,6-7,9-11,17H2,1-2H3,(H,18,19). The van der Waals surface area contributed by atoms with Crippen LogP contribution in [0.1, 0.15) is 36.0 Å². The van der Waals surface area contributed by atoms with Crippen LogP contribution in [0.15, 0.2) is 18.2 Å². The second kappa shape index (κ2) is 5.74. The Balaban J connectivity index is 1.89. The molecule has 1 aliphatic rings. The molecule has 1 amide bonds. The number of benzene rings is 1. The lowest BCUT2D eigenvalue weighted by Crippen LogP contribution is -2.47. The number of hydrogen-bond donors (Lipinski definition) is 2. The quantitative estimate of drug-likeness (QED) is 0.851. The molecular weight excluding hydrogens is 236 g/mol. The number of amides is 1. The van der Waals surface area contributed by atoms with Crippen LogP contribution in [0.5, 0.6) is 0 Å². The lowest BCUT2D eigenvalue weighted by atomic mass is 9.69. The van der Waals surface area contributed by atoms with Gasteiger partial charge in [-0.3, -0.25) is 4.79 Å². The normalized spacial score (nSPS) is 16.8. The second-order valence-corrected chi connectivity index (χ2v) is 5.94. The smallest absolute Gasteiger partial charge is 0.224 e. The van der Waals surface area contributed by atoms with Gasteiger partial charge in [-0.15, -0.1) is 0 Å². The van der Waals surface area contributed by atoms with Crippen molar-refractivity contribution in [2.45, 2.75) is 39.5 Å². The maximum absolute atomic E-state index is 12.0. The van der Waals surface area contributed by atoms with Crippen molar-refractivity contribution in [2.24, 2.45) is 11.1 Å². The SMILES string of the molecule is Cc1ccc(C)c(CC(=O)NCC2(CN)CCC2)c1. The van der Waals surface area contributed by atoms with Crippen molar-refractivity contribution in [1.29, 1.82) is 0 Å². The molecule has 19 heavy (non-hydrogen) atoms. The summed E-state index contributed by atoms with van der Waals surface area (Å²) in [6.45, 7) is 5.51. The van der Waals surface area contributed by atoms with Crippen LogP contribution in [0.4, 0.5) is 0 Å². The predicted molar refractivity (Wildman–Crippen MR) is 78.0 cm³/mol. The largest absolute Gasteiger partial charge is 0.355 e. The molecule has 3 nitrogen and oxygen atoms in total. The summed E-state index contributed by atoms with van der Waals surface area (Å²) in [6.07, 6.45) is 4.00. The highest BCUT2D eigenvalue weighted by Gasteiger charge is 2.35. The molecule has 1 aliphatic carbocycles. The molecule has 0 saturated heterocycles. The Kier molecular flexibility index (Phi) is 4.25. The van der Waals surface area contributed by atoms with Crippen LogP contribution in [0, 0.1) is 19.3 Å².